The molecule has 2 aromatic rings. The molecule has 1 amide bonds. The van der Waals surface area contributed by atoms with Gasteiger partial charge in [-0.05, 0) is 78.6 Å². The van der Waals surface area contributed by atoms with Gasteiger partial charge < -0.3 is 20.5 Å². The van der Waals surface area contributed by atoms with Crippen LogP contribution >= 0.6 is 0 Å². The lowest BCUT2D eigenvalue weighted by atomic mass is 9.77. The first-order valence-corrected chi connectivity index (χ1v) is 12.4. The fraction of sp³-hybridized carbons (Fsp3) is 0.542. The predicted molar refractivity (Wildman–Crippen MR) is 126 cm³/mol. The molecule has 0 saturated heterocycles. The summed E-state index contributed by atoms with van der Waals surface area (Å²) in [6.45, 7) is 6.95. The molecule has 3 rings (SSSR count). The Kier molecular flexibility index (Phi) is 8.87. The second-order valence-electron chi connectivity index (χ2n) is 8.82. The van der Waals surface area contributed by atoms with Crippen LogP contribution < -0.4 is 16.0 Å². The van der Waals surface area contributed by atoms with E-state index >= 15 is 0 Å². The molecule has 0 aliphatic heterocycles. The molecule has 1 fully saturated rings. The maximum absolute atomic E-state index is 12.1. The van der Waals surface area contributed by atoms with Gasteiger partial charge in [0.1, 0.15) is 0 Å². The van der Waals surface area contributed by atoms with E-state index in [2.05, 4.69) is 29.8 Å². The van der Waals surface area contributed by atoms with Gasteiger partial charge in [0.25, 0.3) is 0 Å². The van der Waals surface area contributed by atoms with Crippen molar-refractivity contribution in [2.75, 3.05) is 31.5 Å². The molecule has 170 valence electrons. The molecule has 2 aromatic carbocycles. The Hall–Kier alpha value is -1.96. The van der Waals surface area contributed by atoms with Gasteiger partial charge in [0.15, 0.2) is 0 Å². The van der Waals surface area contributed by atoms with Crippen molar-refractivity contribution in [2.45, 2.75) is 44.4 Å². The summed E-state index contributed by atoms with van der Waals surface area (Å²) in [6.07, 6.45) is 5.13. The van der Waals surface area contributed by atoms with Crippen molar-refractivity contribution < 1.29 is 13.6 Å². The number of benzene rings is 2. The van der Waals surface area contributed by atoms with Crippen LogP contribution in [0.1, 0.15) is 39.5 Å². The molecule has 31 heavy (non-hydrogen) atoms. The summed E-state index contributed by atoms with van der Waals surface area (Å²) < 4.78 is 22.8. The van der Waals surface area contributed by atoms with Gasteiger partial charge in [-0.2, -0.15) is 0 Å². The fourth-order valence-electron chi connectivity index (χ4n) is 4.49. The van der Waals surface area contributed by atoms with Gasteiger partial charge in [-0.1, -0.05) is 38.1 Å². The second-order valence-corrected chi connectivity index (χ2v) is 9.73. The SMILES string of the molecule is CC(C)C1CCC(CNCC(=O)NCCNc2cccc3c(S(=O)[O-])cccc23)CC1. The van der Waals surface area contributed by atoms with Crippen molar-refractivity contribution in [3.8, 4) is 0 Å². The number of nitrogens with one attached hydrogen (secondary N) is 3. The van der Waals surface area contributed by atoms with Crippen LogP contribution in [0, 0.1) is 17.8 Å². The predicted octanol–water partition coefficient (Wildman–Crippen LogP) is 3.66. The lowest BCUT2D eigenvalue weighted by molar-refractivity contribution is -0.120. The standard InChI is InChI=1S/C24H35N3O3S/c1-17(2)19-11-9-18(10-12-19)15-25-16-24(28)27-14-13-26-22-7-3-6-21-20(22)5-4-8-23(21)31(29)30/h3-8,17-19,25-26H,9-16H2,1-2H3,(H,27,28)(H,29,30)/p-1. The molecule has 1 atom stereocenters. The Bertz CT molecular complexity index is 895. The van der Waals surface area contributed by atoms with Crippen LogP contribution in [0.3, 0.4) is 0 Å². The summed E-state index contributed by atoms with van der Waals surface area (Å²) in [6, 6.07) is 10.8. The smallest absolute Gasteiger partial charge is 0.234 e. The lowest BCUT2D eigenvalue weighted by Crippen LogP contribution is -2.38. The van der Waals surface area contributed by atoms with Crippen LogP contribution in [0.5, 0.6) is 0 Å². The lowest BCUT2D eigenvalue weighted by Gasteiger charge is -2.30. The Labute approximate surface area is 187 Å². The summed E-state index contributed by atoms with van der Waals surface area (Å²) in [7, 11) is 0. The Morgan fingerprint density at radius 1 is 1.06 bits per heavy atom. The average Bonchev–Trinajstić information content (AvgIpc) is 2.76. The minimum atomic E-state index is -2.28. The molecule has 1 aliphatic carbocycles. The molecule has 1 aliphatic rings. The molecule has 7 heteroatoms. The third-order valence-corrected chi connectivity index (χ3v) is 7.09. The minimum absolute atomic E-state index is 0.000348. The van der Waals surface area contributed by atoms with E-state index in [9.17, 15) is 13.6 Å². The van der Waals surface area contributed by atoms with E-state index in [0.29, 0.717) is 35.8 Å². The maximum atomic E-state index is 12.1. The molecule has 1 unspecified atom stereocenters. The van der Waals surface area contributed by atoms with Crippen LogP contribution in [-0.2, 0) is 15.9 Å². The number of anilines is 1. The van der Waals surface area contributed by atoms with E-state index in [1.165, 1.54) is 25.7 Å². The highest BCUT2D eigenvalue weighted by atomic mass is 32.2. The van der Waals surface area contributed by atoms with Crippen LogP contribution in [0.15, 0.2) is 41.3 Å². The molecule has 0 spiro atoms. The van der Waals surface area contributed by atoms with Gasteiger partial charge in [0, 0.05) is 29.1 Å². The van der Waals surface area contributed by atoms with Crippen molar-refractivity contribution in [1.82, 2.24) is 10.6 Å². The monoisotopic (exact) mass is 444 g/mol. The zero-order valence-electron chi connectivity index (χ0n) is 18.5. The molecule has 6 nitrogen and oxygen atoms in total. The van der Waals surface area contributed by atoms with Crippen LogP contribution in [0.4, 0.5) is 5.69 Å². The average molecular weight is 445 g/mol. The Morgan fingerprint density at radius 2 is 1.77 bits per heavy atom. The summed E-state index contributed by atoms with van der Waals surface area (Å²) in [4.78, 5) is 12.4. The molecular formula is C24H34N3O3S-. The highest BCUT2D eigenvalue weighted by Gasteiger charge is 2.22. The van der Waals surface area contributed by atoms with E-state index in [1.807, 2.05) is 18.2 Å². The largest absolute Gasteiger partial charge is 0.768 e. The molecular weight excluding hydrogens is 410 g/mol. The first kappa shape index (κ1) is 23.7. The number of carbonyl (C=O) groups excluding carboxylic acids is 1. The van der Waals surface area contributed by atoms with Crippen LogP contribution in [-0.4, -0.2) is 40.8 Å². The van der Waals surface area contributed by atoms with Crippen molar-refractivity contribution >= 4 is 33.4 Å². The fourth-order valence-corrected chi connectivity index (χ4v) is 5.04. The Morgan fingerprint density at radius 3 is 2.48 bits per heavy atom. The number of amides is 1. The van der Waals surface area contributed by atoms with E-state index in [1.54, 1.807) is 18.2 Å². The van der Waals surface area contributed by atoms with Gasteiger partial charge in [-0.25, -0.2) is 0 Å². The molecule has 3 N–H and O–H groups in total. The summed E-state index contributed by atoms with van der Waals surface area (Å²) in [5.41, 5.74) is 0.856. The third kappa shape index (κ3) is 6.76. The molecule has 1 saturated carbocycles. The van der Waals surface area contributed by atoms with Gasteiger partial charge in [-0.3, -0.25) is 9.00 Å². The number of hydrogen-bond donors (Lipinski definition) is 3. The van der Waals surface area contributed by atoms with Crippen molar-refractivity contribution in [3.05, 3.63) is 36.4 Å². The van der Waals surface area contributed by atoms with Gasteiger partial charge in [-0.15, -0.1) is 0 Å². The number of fused-ring (bicyclic) bond motifs is 1. The van der Waals surface area contributed by atoms with Crippen molar-refractivity contribution in [3.63, 3.8) is 0 Å². The second kappa shape index (κ2) is 11.6. The first-order valence-electron chi connectivity index (χ1n) is 11.3. The zero-order valence-corrected chi connectivity index (χ0v) is 19.3. The molecule has 0 radical (unpaired) electrons. The minimum Gasteiger partial charge on any atom is -0.768 e. The summed E-state index contributed by atoms with van der Waals surface area (Å²) in [5, 5.41) is 11.1. The number of hydrogen-bond acceptors (Lipinski definition) is 5. The maximum Gasteiger partial charge on any atom is 0.234 e. The molecule has 0 bridgehead atoms. The zero-order chi connectivity index (χ0) is 22.2. The van der Waals surface area contributed by atoms with E-state index < -0.39 is 11.1 Å². The van der Waals surface area contributed by atoms with Crippen LogP contribution in [0.25, 0.3) is 10.8 Å². The third-order valence-electron chi connectivity index (χ3n) is 6.38. The topological polar surface area (TPSA) is 93.3 Å². The first-order chi connectivity index (χ1) is 15.0. The van der Waals surface area contributed by atoms with Gasteiger partial charge >= 0.3 is 0 Å². The molecule has 0 aromatic heterocycles. The van der Waals surface area contributed by atoms with Gasteiger partial charge in [0.05, 0.1) is 6.54 Å². The summed E-state index contributed by atoms with van der Waals surface area (Å²) >= 11 is -2.28. The number of rotatable bonds is 10. The quantitative estimate of drug-likeness (QED) is 0.384. The van der Waals surface area contributed by atoms with Crippen LogP contribution in [0.2, 0.25) is 0 Å². The highest BCUT2D eigenvalue weighted by molar-refractivity contribution is 7.79. The van der Waals surface area contributed by atoms with Crippen molar-refractivity contribution in [1.29, 1.82) is 0 Å². The van der Waals surface area contributed by atoms with E-state index in [-0.39, 0.29) is 5.91 Å². The molecule has 0 heterocycles. The highest BCUT2D eigenvalue weighted by Crippen LogP contribution is 2.32. The Balaban J connectivity index is 1.36. The number of carbonyl (C=O) groups is 1. The van der Waals surface area contributed by atoms with E-state index in [4.69, 9.17) is 0 Å². The van der Waals surface area contributed by atoms with Crippen molar-refractivity contribution in [2.24, 2.45) is 17.8 Å². The van der Waals surface area contributed by atoms with Gasteiger partial charge in [0.2, 0.25) is 5.91 Å². The van der Waals surface area contributed by atoms with E-state index in [0.717, 1.165) is 29.5 Å². The normalized spacial score (nSPS) is 20.0. The summed E-state index contributed by atoms with van der Waals surface area (Å²) in [5.74, 6) is 2.33.